The van der Waals surface area contributed by atoms with Crippen molar-refractivity contribution < 1.29 is 4.79 Å². The van der Waals surface area contributed by atoms with E-state index < -0.39 is 0 Å². The zero-order valence-electron chi connectivity index (χ0n) is 14.7. The van der Waals surface area contributed by atoms with E-state index in [1.165, 1.54) is 10.9 Å². The smallest absolute Gasteiger partial charge is 0.302 e. The molecule has 0 radical (unpaired) electrons. The molecule has 1 aromatic carbocycles. The van der Waals surface area contributed by atoms with Crippen molar-refractivity contribution in [1.29, 1.82) is 0 Å². The molecule has 1 N–H and O–H groups in total. The summed E-state index contributed by atoms with van der Waals surface area (Å²) in [6.45, 7) is 5.26. The number of aryl methyl sites for hydroxylation is 3. The van der Waals surface area contributed by atoms with Crippen molar-refractivity contribution in [2.75, 3.05) is 0 Å². The van der Waals surface area contributed by atoms with Crippen LogP contribution in [0.1, 0.15) is 42.6 Å². The van der Waals surface area contributed by atoms with Gasteiger partial charge in [0, 0.05) is 31.9 Å². The number of ketones is 1. The molecule has 25 heavy (non-hydrogen) atoms. The topological polar surface area (TPSA) is 81.8 Å². The molecule has 2 aromatic heterocycles. The summed E-state index contributed by atoms with van der Waals surface area (Å²) in [5.74, 6) is -0.345. The first-order chi connectivity index (χ1) is 12.0. The normalized spacial score (nSPS) is 11.3. The zero-order chi connectivity index (χ0) is 18.1. The third-order valence-electron chi connectivity index (χ3n) is 4.36. The lowest BCUT2D eigenvalue weighted by Crippen LogP contribution is -2.24. The van der Waals surface area contributed by atoms with E-state index in [2.05, 4.69) is 5.10 Å². The fraction of sp³-hybridized carbons (Fsp3) is 0.389. The number of benzene rings is 1. The third-order valence-corrected chi connectivity index (χ3v) is 4.36. The van der Waals surface area contributed by atoms with Gasteiger partial charge in [0.1, 0.15) is 5.56 Å². The minimum absolute atomic E-state index is 0.0548. The minimum atomic E-state index is -0.361. The Kier molecular flexibility index (Phi) is 4.48. The van der Waals surface area contributed by atoms with Gasteiger partial charge in [0.25, 0.3) is 5.56 Å². The number of nitrogens with one attached hydrogen (secondary N) is 1. The lowest BCUT2D eigenvalue weighted by molar-refractivity contribution is 0.103. The standard InChI is InChI=1S/C18H22N4O3/c1-4-8-21-14-7-6-12(10-15(14)22(9-5-2)18(21)25)16(23)13-11-19-20(3)17(13)24/h6-7,10-11,19H,4-5,8-9H2,1-3H3. The van der Waals surface area contributed by atoms with Crippen LogP contribution in [0.2, 0.25) is 0 Å². The van der Waals surface area contributed by atoms with Crippen molar-refractivity contribution >= 4 is 16.8 Å². The molecular weight excluding hydrogens is 320 g/mol. The van der Waals surface area contributed by atoms with E-state index in [0.29, 0.717) is 18.7 Å². The molecule has 0 unspecified atom stereocenters. The summed E-state index contributed by atoms with van der Waals surface area (Å²) in [7, 11) is 1.56. The fourth-order valence-electron chi connectivity index (χ4n) is 3.12. The van der Waals surface area contributed by atoms with Crippen LogP contribution in [0.3, 0.4) is 0 Å². The lowest BCUT2D eigenvalue weighted by atomic mass is 10.1. The molecule has 0 fully saturated rings. The zero-order valence-corrected chi connectivity index (χ0v) is 14.7. The van der Waals surface area contributed by atoms with E-state index in [1.807, 2.05) is 13.8 Å². The monoisotopic (exact) mass is 342 g/mol. The second kappa shape index (κ2) is 6.58. The number of carbonyl (C=O) groups excluding carboxylic acids is 1. The highest BCUT2D eigenvalue weighted by atomic mass is 16.2. The summed E-state index contributed by atoms with van der Waals surface area (Å²) in [5.41, 5.74) is 1.64. The third kappa shape index (κ3) is 2.75. The van der Waals surface area contributed by atoms with Crippen molar-refractivity contribution in [2.24, 2.45) is 7.05 Å². The molecule has 7 heteroatoms. The minimum Gasteiger partial charge on any atom is -0.302 e. The molecule has 0 aliphatic rings. The molecule has 0 saturated heterocycles. The quantitative estimate of drug-likeness (QED) is 0.695. The van der Waals surface area contributed by atoms with E-state index in [1.54, 1.807) is 34.4 Å². The molecule has 0 bridgehead atoms. The number of rotatable bonds is 6. The first-order valence-corrected chi connectivity index (χ1v) is 8.51. The van der Waals surface area contributed by atoms with Gasteiger partial charge in [-0.25, -0.2) is 4.79 Å². The molecule has 0 aliphatic carbocycles. The first-order valence-electron chi connectivity index (χ1n) is 8.51. The molecule has 0 atom stereocenters. The van der Waals surface area contributed by atoms with Crippen LogP contribution >= 0.6 is 0 Å². The maximum absolute atomic E-state index is 12.7. The lowest BCUT2D eigenvalue weighted by Gasteiger charge is -2.03. The number of aromatic nitrogens is 4. The second-order valence-corrected chi connectivity index (χ2v) is 6.17. The summed E-state index contributed by atoms with van der Waals surface area (Å²) >= 11 is 0. The SMILES string of the molecule is CCCn1c(=O)n(CCC)c2cc(C(=O)c3c[nH]n(C)c3=O)ccc21. The van der Waals surface area contributed by atoms with Crippen LogP contribution in [0.5, 0.6) is 0 Å². The Labute approximate surface area is 144 Å². The molecule has 0 amide bonds. The Morgan fingerprint density at radius 3 is 2.24 bits per heavy atom. The number of carbonyl (C=O) groups is 1. The van der Waals surface area contributed by atoms with Crippen LogP contribution in [0.25, 0.3) is 11.0 Å². The van der Waals surface area contributed by atoms with Crippen molar-refractivity contribution in [2.45, 2.75) is 39.8 Å². The van der Waals surface area contributed by atoms with Crippen LogP contribution in [0.4, 0.5) is 0 Å². The van der Waals surface area contributed by atoms with Crippen LogP contribution in [0, 0.1) is 0 Å². The molecule has 0 saturated carbocycles. The Balaban J connectivity index is 2.18. The van der Waals surface area contributed by atoms with Gasteiger partial charge in [-0.3, -0.25) is 23.4 Å². The predicted octanol–water partition coefficient (Wildman–Crippen LogP) is 1.88. The highest BCUT2D eigenvalue weighted by Crippen LogP contribution is 2.18. The highest BCUT2D eigenvalue weighted by molar-refractivity contribution is 6.10. The average Bonchev–Trinajstić information content (AvgIpc) is 3.07. The van der Waals surface area contributed by atoms with Crippen molar-refractivity contribution in [1.82, 2.24) is 18.9 Å². The predicted molar refractivity (Wildman–Crippen MR) is 96.2 cm³/mol. The summed E-state index contributed by atoms with van der Waals surface area (Å²) in [4.78, 5) is 37.4. The summed E-state index contributed by atoms with van der Waals surface area (Å²) in [6.07, 6.45) is 3.09. The van der Waals surface area contributed by atoms with Gasteiger partial charge in [0.2, 0.25) is 0 Å². The van der Waals surface area contributed by atoms with Gasteiger partial charge in [0.15, 0.2) is 5.78 Å². The number of fused-ring (bicyclic) bond motifs is 1. The van der Waals surface area contributed by atoms with E-state index in [9.17, 15) is 14.4 Å². The first kappa shape index (κ1) is 17.0. The van der Waals surface area contributed by atoms with E-state index in [-0.39, 0.29) is 22.6 Å². The van der Waals surface area contributed by atoms with Gasteiger partial charge in [-0.2, -0.15) is 0 Å². The Morgan fingerprint density at radius 2 is 1.68 bits per heavy atom. The van der Waals surface area contributed by atoms with E-state index >= 15 is 0 Å². The number of aromatic amines is 1. The Hall–Kier alpha value is -2.83. The number of H-pyrrole nitrogens is 1. The van der Waals surface area contributed by atoms with Crippen LogP contribution in [-0.2, 0) is 20.1 Å². The van der Waals surface area contributed by atoms with Crippen molar-refractivity contribution in [3.8, 4) is 0 Å². The van der Waals surface area contributed by atoms with Gasteiger partial charge >= 0.3 is 5.69 Å². The Morgan fingerprint density at radius 1 is 1.04 bits per heavy atom. The second-order valence-electron chi connectivity index (χ2n) is 6.17. The largest absolute Gasteiger partial charge is 0.329 e. The maximum atomic E-state index is 12.7. The molecule has 3 aromatic rings. The van der Waals surface area contributed by atoms with Gasteiger partial charge in [0.05, 0.1) is 11.0 Å². The van der Waals surface area contributed by atoms with Crippen molar-refractivity contribution in [3.05, 3.63) is 56.4 Å². The number of nitrogens with zero attached hydrogens (tertiary/aromatic N) is 3. The van der Waals surface area contributed by atoms with Crippen LogP contribution in [0.15, 0.2) is 34.0 Å². The molecular formula is C18H22N4O3. The van der Waals surface area contributed by atoms with Gasteiger partial charge in [-0.05, 0) is 31.0 Å². The maximum Gasteiger partial charge on any atom is 0.329 e. The number of hydrogen-bond acceptors (Lipinski definition) is 3. The number of hydrogen-bond donors (Lipinski definition) is 1. The van der Waals surface area contributed by atoms with E-state index in [4.69, 9.17) is 0 Å². The summed E-state index contributed by atoms with van der Waals surface area (Å²) < 4.78 is 4.71. The fourth-order valence-corrected chi connectivity index (χ4v) is 3.12. The molecule has 7 nitrogen and oxygen atoms in total. The highest BCUT2D eigenvalue weighted by Gasteiger charge is 2.18. The molecule has 132 valence electrons. The van der Waals surface area contributed by atoms with Crippen molar-refractivity contribution in [3.63, 3.8) is 0 Å². The van der Waals surface area contributed by atoms with Gasteiger partial charge in [-0.15, -0.1) is 0 Å². The molecule has 0 aliphatic heterocycles. The van der Waals surface area contributed by atoms with Crippen LogP contribution in [-0.4, -0.2) is 24.7 Å². The number of imidazole rings is 1. The van der Waals surface area contributed by atoms with E-state index in [0.717, 1.165) is 23.9 Å². The summed E-state index contributed by atoms with van der Waals surface area (Å²) in [6, 6.07) is 5.19. The van der Waals surface area contributed by atoms with Gasteiger partial charge < -0.3 is 5.10 Å². The molecule has 0 spiro atoms. The Bertz CT molecular complexity index is 1050. The summed E-state index contributed by atoms with van der Waals surface area (Å²) in [5, 5.41) is 2.71. The molecule has 3 rings (SSSR count). The van der Waals surface area contributed by atoms with Crippen LogP contribution < -0.4 is 11.2 Å². The average molecular weight is 342 g/mol. The van der Waals surface area contributed by atoms with Gasteiger partial charge in [-0.1, -0.05) is 13.8 Å². The molecule has 2 heterocycles.